The van der Waals surface area contributed by atoms with E-state index in [0.717, 1.165) is 12.8 Å². The van der Waals surface area contributed by atoms with Crippen LogP contribution in [0.25, 0.3) is 11.1 Å². The third kappa shape index (κ3) is 4.60. The smallest absolute Gasteiger partial charge is 0.262 e. The highest BCUT2D eigenvalue weighted by Gasteiger charge is 2.47. The number of halogens is 3. The average Bonchev–Trinajstić information content (AvgIpc) is 3.44. The Bertz CT molecular complexity index is 1320. The van der Waals surface area contributed by atoms with E-state index in [1.807, 2.05) is 0 Å². The molecule has 3 aromatic carbocycles. The van der Waals surface area contributed by atoms with Crippen molar-refractivity contribution >= 4 is 40.7 Å². The van der Waals surface area contributed by atoms with E-state index < -0.39 is 17.6 Å². The molecule has 5 nitrogen and oxygen atoms in total. The third-order valence-corrected chi connectivity index (χ3v) is 7.50. The Kier molecular flexibility index (Phi) is 6.20. The zero-order valence-electron chi connectivity index (χ0n) is 18.9. The van der Waals surface area contributed by atoms with Crippen LogP contribution in [0, 0.1) is 17.7 Å². The maximum Gasteiger partial charge on any atom is 0.262 e. The summed E-state index contributed by atoms with van der Waals surface area (Å²) in [4.78, 5) is 26.3. The van der Waals surface area contributed by atoms with Crippen LogP contribution in [0.5, 0.6) is 5.75 Å². The summed E-state index contributed by atoms with van der Waals surface area (Å²) in [6.07, 6.45) is 3.19. The number of ether oxygens (including phenoxy) is 1. The number of anilines is 1. The van der Waals surface area contributed by atoms with Crippen LogP contribution in [0.4, 0.5) is 10.1 Å². The Labute approximate surface area is 212 Å². The van der Waals surface area contributed by atoms with Crippen molar-refractivity contribution < 1.29 is 18.7 Å². The Morgan fingerprint density at radius 2 is 1.74 bits per heavy atom. The molecule has 2 amide bonds. The average molecular weight is 513 g/mol. The number of fused-ring (bicyclic) bond motifs is 1. The molecule has 35 heavy (non-hydrogen) atoms. The molecular weight excluding hydrogens is 490 g/mol. The molecule has 0 spiro atoms. The molecule has 3 atom stereocenters. The Balaban J connectivity index is 1.55. The molecule has 2 N–H and O–H groups in total. The van der Waals surface area contributed by atoms with Gasteiger partial charge in [-0.1, -0.05) is 35.3 Å². The van der Waals surface area contributed by atoms with Crippen molar-refractivity contribution in [3.8, 4) is 16.9 Å². The molecule has 0 aliphatic heterocycles. The van der Waals surface area contributed by atoms with Crippen LogP contribution in [0.15, 0.2) is 54.6 Å². The van der Waals surface area contributed by atoms with E-state index in [2.05, 4.69) is 0 Å². The van der Waals surface area contributed by atoms with Crippen molar-refractivity contribution in [2.45, 2.75) is 25.4 Å². The second-order valence-electron chi connectivity index (χ2n) is 9.17. The number of hydrogen-bond acceptors (Lipinski definition) is 3. The van der Waals surface area contributed by atoms with Crippen LogP contribution in [-0.2, 0) is 0 Å². The predicted octanol–water partition coefficient (Wildman–Crippen LogP) is 6.35. The molecule has 2 aliphatic carbocycles. The summed E-state index contributed by atoms with van der Waals surface area (Å²) in [7, 11) is 1.56. The molecule has 0 radical (unpaired) electrons. The fraction of sp³-hybridized carbons (Fsp3) is 0.259. The monoisotopic (exact) mass is 512 g/mol. The molecule has 0 saturated heterocycles. The summed E-state index contributed by atoms with van der Waals surface area (Å²) in [6.45, 7) is 0. The van der Waals surface area contributed by atoms with Gasteiger partial charge in [-0.05, 0) is 79.1 Å². The van der Waals surface area contributed by atoms with Gasteiger partial charge >= 0.3 is 0 Å². The van der Waals surface area contributed by atoms with E-state index in [1.54, 1.807) is 43.4 Å². The predicted molar refractivity (Wildman–Crippen MR) is 135 cm³/mol. The van der Waals surface area contributed by atoms with Gasteiger partial charge in [0.15, 0.2) is 0 Å². The lowest BCUT2D eigenvalue weighted by molar-refractivity contribution is 0.0983. The first-order valence-electron chi connectivity index (χ1n) is 11.4. The van der Waals surface area contributed by atoms with Crippen LogP contribution < -0.4 is 15.4 Å². The summed E-state index contributed by atoms with van der Waals surface area (Å²) in [5, 5.41) is 0.477. The maximum atomic E-state index is 14.5. The number of hydrogen-bond donors (Lipinski definition) is 1. The van der Waals surface area contributed by atoms with Gasteiger partial charge in [0.1, 0.15) is 11.6 Å². The fourth-order valence-electron chi connectivity index (χ4n) is 4.87. The highest BCUT2D eigenvalue weighted by Crippen LogP contribution is 2.53. The van der Waals surface area contributed by atoms with Gasteiger partial charge in [-0.2, -0.15) is 0 Å². The van der Waals surface area contributed by atoms with Crippen molar-refractivity contribution in [3.63, 3.8) is 0 Å². The minimum Gasteiger partial charge on any atom is -0.488 e. The highest BCUT2D eigenvalue weighted by molar-refractivity contribution is 6.34. The summed E-state index contributed by atoms with van der Waals surface area (Å²) in [5.41, 5.74) is 7.36. The molecule has 5 rings (SSSR count). The molecule has 0 bridgehead atoms. The lowest BCUT2D eigenvalue weighted by Gasteiger charge is -2.25. The highest BCUT2D eigenvalue weighted by atomic mass is 35.5. The van der Waals surface area contributed by atoms with Gasteiger partial charge < -0.3 is 15.4 Å². The van der Waals surface area contributed by atoms with Gasteiger partial charge in [0.2, 0.25) is 5.91 Å². The summed E-state index contributed by atoms with van der Waals surface area (Å²) >= 11 is 12.6. The minimum absolute atomic E-state index is 0.0285. The van der Waals surface area contributed by atoms with E-state index in [-0.39, 0.29) is 16.7 Å². The van der Waals surface area contributed by atoms with Crippen LogP contribution in [0.3, 0.4) is 0 Å². The second-order valence-corrected chi connectivity index (χ2v) is 9.98. The van der Waals surface area contributed by atoms with Gasteiger partial charge in [0, 0.05) is 23.2 Å². The van der Waals surface area contributed by atoms with Crippen molar-refractivity contribution in [2.24, 2.45) is 17.6 Å². The molecule has 0 heterocycles. The van der Waals surface area contributed by atoms with Crippen molar-refractivity contribution in [3.05, 3.63) is 81.6 Å². The second kappa shape index (κ2) is 9.17. The maximum absolute atomic E-state index is 14.5. The first-order chi connectivity index (χ1) is 16.7. The molecule has 2 saturated carbocycles. The van der Waals surface area contributed by atoms with Gasteiger partial charge in [-0.25, -0.2) is 4.39 Å². The zero-order valence-corrected chi connectivity index (χ0v) is 20.4. The number of carbonyl (C=O) groups excluding carboxylic acids is 2. The van der Waals surface area contributed by atoms with Crippen molar-refractivity contribution in [1.82, 2.24) is 0 Å². The van der Waals surface area contributed by atoms with Crippen LogP contribution in [-0.4, -0.2) is 25.0 Å². The van der Waals surface area contributed by atoms with Crippen molar-refractivity contribution in [2.75, 3.05) is 11.9 Å². The van der Waals surface area contributed by atoms with Crippen LogP contribution >= 0.6 is 23.2 Å². The van der Waals surface area contributed by atoms with Crippen LogP contribution in [0.2, 0.25) is 10.0 Å². The number of nitrogens with zero attached hydrogens (tertiary/aromatic N) is 1. The van der Waals surface area contributed by atoms with Crippen LogP contribution in [0.1, 0.15) is 40.0 Å². The Hall–Kier alpha value is -3.09. The summed E-state index contributed by atoms with van der Waals surface area (Å²) < 4.78 is 20.9. The number of primary amides is 1. The van der Waals surface area contributed by atoms with Gasteiger partial charge in [0.25, 0.3) is 5.91 Å². The molecule has 180 valence electrons. The lowest BCUT2D eigenvalue weighted by atomic mass is 10.0. The number of rotatable bonds is 6. The van der Waals surface area contributed by atoms with E-state index in [1.165, 1.54) is 29.5 Å². The Morgan fingerprint density at radius 3 is 2.43 bits per heavy atom. The van der Waals surface area contributed by atoms with E-state index in [9.17, 15) is 14.0 Å². The SMILES string of the molecule is CN(C(=O)c1c(F)cccc1Cl)c1ccc(-c2cc(C(N)=O)ccc2Cl)cc1OC1C[C@@H]2C[C@@H]2C1. The number of amides is 2. The molecule has 2 aliphatic rings. The zero-order chi connectivity index (χ0) is 24.9. The Morgan fingerprint density at radius 1 is 1.00 bits per heavy atom. The van der Waals surface area contributed by atoms with Gasteiger partial charge in [-0.3, -0.25) is 9.59 Å². The summed E-state index contributed by atoms with van der Waals surface area (Å²) in [6, 6.07) is 14.2. The van der Waals surface area contributed by atoms with E-state index in [4.69, 9.17) is 33.7 Å². The number of nitrogens with two attached hydrogens (primary N) is 1. The third-order valence-electron chi connectivity index (χ3n) is 6.86. The lowest BCUT2D eigenvalue weighted by Crippen LogP contribution is -2.28. The molecule has 1 unspecified atom stereocenters. The number of carbonyl (C=O) groups is 2. The first-order valence-corrected chi connectivity index (χ1v) is 12.1. The molecule has 3 aromatic rings. The topological polar surface area (TPSA) is 72.6 Å². The normalized spacial score (nSPS) is 20.3. The molecule has 2 fully saturated rings. The number of benzene rings is 3. The van der Waals surface area contributed by atoms with E-state index >= 15 is 0 Å². The quantitative estimate of drug-likeness (QED) is 0.418. The molecule has 0 aromatic heterocycles. The standard InChI is InChI=1S/C27H23Cl2FN2O3/c1-32(27(34)25-21(29)3-2-4-22(25)30)23-8-6-14(19-12-15(26(31)33)5-7-20(19)28)13-24(23)35-18-10-16-9-17(16)11-18/h2-8,12-13,16-18H,9-11H2,1H3,(H2,31,33)/t16-,17+,18?. The van der Waals surface area contributed by atoms with E-state index in [0.29, 0.717) is 45.0 Å². The largest absolute Gasteiger partial charge is 0.488 e. The minimum atomic E-state index is -0.695. The van der Waals surface area contributed by atoms with Gasteiger partial charge in [-0.15, -0.1) is 0 Å². The fourth-order valence-corrected chi connectivity index (χ4v) is 5.34. The first kappa shape index (κ1) is 23.6. The molecule has 8 heteroatoms. The van der Waals surface area contributed by atoms with Gasteiger partial charge in [0.05, 0.1) is 22.4 Å². The summed E-state index contributed by atoms with van der Waals surface area (Å²) in [5.74, 6) is 0.0221. The van der Waals surface area contributed by atoms with Crippen molar-refractivity contribution in [1.29, 1.82) is 0 Å². The molecular formula is C27H23Cl2FN2O3.